The van der Waals surface area contributed by atoms with Gasteiger partial charge in [0.2, 0.25) is 0 Å². The van der Waals surface area contributed by atoms with Crippen molar-refractivity contribution in [1.29, 1.82) is 0 Å². The molecule has 1 heterocycles. The molecule has 0 unspecified atom stereocenters. The molecule has 1 aromatic heterocycles. The topological polar surface area (TPSA) is 96.0 Å². The number of carbonyl (C=O) groups is 1. The molecule has 3 aromatic rings. The van der Waals surface area contributed by atoms with Crippen LogP contribution in [0, 0.1) is 17.0 Å². The molecular formula is C20H21N3O5S. The summed E-state index contributed by atoms with van der Waals surface area (Å²) in [6, 6.07) is 10.2. The summed E-state index contributed by atoms with van der Waals surface area (Å²) < 4.78 is 12.9. The summed E-state index contributed by atoms with van der Waals surface area (Å²) in [5.74, 6) is 0.475. The second kappa shape index (κ2) is 8.97. The van der Waals surface area contributed by atoms with E-state index in [0.717, 1.165) is 22.4 Å². The fourth-order valence-corrected chi connectivity index (χ4v) is 4.14. The molecule has 9 heteroatoms. The number of benzene rings is 2. The van der Waals surface area contributed by atoms with E-state index in [2.05, 4.69) is 4.99 Å². The van der Waals surface area contributed by atoms with Crippen molar-refractivity contribution in [2.24, 2.45) is 4.99 Å². The van der Waals surface area contributed by atoms with Crippen LogP contribution in [0.3, 0.4) is 0 Å². The number of methoxy groups -OCH3 is 2. The fraction of sp³-hybridized carbons (Fsp3) is 0.300. The van der Waals surface area contributed by atoms with Gasteiger partial charge in [0.05, 0.1) is 35.3 Å². The van der Waals surface area contributed by atoms with E-state index in [4.69, 9.17) is 9.47 Å². The lowest BCUT2D eigenvalue weighted by atomic mass is 10.1. The van der Waals surface area contributed by atoms with Gasteiger partial charge in [0.1, 0.15) is 5.75 Å². The third-order valence-electron chi connectivity index (χ3n) is 4.43. The predicted octanol–water partition coefficient (Wildman–Crippen LogP) is 3.24. The quantitative estimate of drug-likeness (QED) is 0.436. The maximum Gasteiger partial charge on any atom is 0.270 e. The Labute approximate surface area is 171 Å². The molecule has 0 aliphatic rings. The van der Waals surface area contributed by atoms with E-state index in [0.29, 0.717) is 22.7 Å². The van der Waals surface area contributed by atoms with Crippen molar-refractivity contribution in [3.05, 3.63) is 62.4 Å². The van der Waals surface area contributed by atoms with Crippen molar-refractivity contribution >= 4 is 33.1 Å². The van der Waals surface area contributed by atoms with Crippen molar-refractivity contribution in [3.63, 3.8) is 0 Å². The number of non-ortho nitro benzene ring substituents is 1. The van der Waals surface area contributed by atoms with Gasteiger partial charge in [-0.3, -0.25) is 14.9 Å². The number of hydrogen-bond acceptors (Lipinski definition) is 6. The number of aromatic nitrogens is 1. The van der Waals surface area contributed by atoms with Crippen molar-refractivity contribution in [2.45, 2.75) is 19.9 Å². The van der Waals surface area contributed by atoms with Crippen LogP contribution in [0.1, 0.15) is 11.1 Å². The van der Waals surface area contributed by atoms with Crippen LogP contribution in [0.4, 0.5) is 5.69 Å². The molecule has 0 saturated heterocycles. The first kappa shape index (κ1) is 20.7. The molecule has 0 aliphatic carbocycles. The lowest BCUT2D eigenvalue weighted by molar-refractivity contribution is -0.384. The highest BCUT2D eigenvalue weighted by molar-refractivity contribution is 7.16. The van der Waals surface area contributed by atoms with Crippen molar-refractivity contribution in [2.75, 3.05) is 20.8 Å². The van der Waals surface area contributed by atoms with Gasteiger partial charge in [-0.15, -0.1) is 0 Å². The molecule has 0 bridgehead atoms. The number of nitrogens with zero attached hydrogens (tertiary/aromatic N) is 3. The minimum atomic E-state index is -0.438. The standard InChI is InChI=1S/C20H21N3O5S/c1-13-10-14(4-7-17(13)28-3)11-19(24)21-20-22(8-9-27-2)16-6-5-15(23(25)26)12-18(16)29-20/h4-7,10,12H,8-9,11H2,1-3H3. The summed E-state index contributed by atoms with van der Waals surface area (Å²) in [7, 11) is 3.20. The van der Waals surface area contributed by atoms with Crippen LogP contribution in [0.25, 0.3) is 10.2 Å². The molecule has 0 atom stereocenters. The Kier molecular flexibility index (Phi) is 6.40. The summed E-state index contributed by atoms with van der Waals surface area (Å²) in [6.45, 7) is 2.84. The third-order valence-corrected chi connectivity index (χ3v) is 5.47. The SMILES string of the molecule is COCCn1c(=NC(=O)Cc2ccc(OC)c(C)c2)sc2cc([N+](=O)[O-])ccc21. The third kappa shape index (κ3) is 4.69. The van der Waals surface area contributed by atoms with Crippen molar-refractivity contribution < 1.29 is 19.2 Å². The van der Waals surface area contributed by atoms with Crippen LogP contribution in [0.2, 0.25) is 0 Å². The Bertz CT molecular complexity index is 1130. The van der Waals surface area contributed by atoms with Crippen LogP contribution >= 0.6 is 11.3 Å². The van der Waals surface area contributed by atoms with E-state index in [1.54, 1.807) is 20.3 Å². The first-order valence-electron chi connectivity index (χ1n) is 8.90. The Morgan fingerprint density at radius 2 is 2.03 bits per heavy atom. The largest absolute Gasteiger partial charge is 0.496 e. The van der Waals surface area contributed by atoms with Crippen LogP contribution in [0.15, 0.2) is 41.4 Å². The molecule has 0 saturated carbocycles. The highest BCUT2D eigenvalue weighted by atomic mass is 32.1. The van der Waals surface area contributed by atoms with Gasteiger partial charge in [0, 0.05) is 25.8 Å². The minimum absolute atomic E-state index is 0.00391. The zero-order valence-corrected chi connectivity index (χ0v) is 17.2. The van der Waals surface area contributed by atoms with E-state index in [9.17, 15) is 14.9 Å². The Hall–Kier alpha value is -3.04. The molecule has 152 valence electrons. The van der Waals surface area contributed by atoms with E-state index >= 15 is 0 Å². The van der Waals surface area contributed by atoms with Gasteiger partial charge in [-0.2, -0.15) is 4.99 Å². The van der Waals surface area contributed by atoms with Gasteiger partial charge >= 0.3 is 0 Å². The smallest absolute Gasteiger partial charge is 0.270 e. The van der Waals surface area contributed by atoms with E-state index in [1.807, 2.05) is 29.7 Å². The van der Waals surface area contributed by atoms with E-state index < -0.39 is 4.92 Å². The first-order valence-corrected chi connectivity index (χ1v) is 9.72. The molecule has 0 spiro atoms. The average Bonchev–Trinajstić information content (AvgIpc) is 3.02. The number of aryl methyl sites for hydroxylation is 1. The number of nitro groups is 1. The lowest BCUT2D eigenvalue weighted by Gasteiger charge is -2.06. The second-order valence-corrected chi connectivity index (χ2v) is 7.43. The van der Waals surface area contributed by atoms with Crippen LogP contribution in [-0.2, 0) is 22.5 Å². The number of amides is 1. The molecule has 1 amide bonds. The van der Waals surface area contributed by atoms with E-state index in [-0.39, 0.29) is 18.0 Å². The fourth-order valence-electron chi connectivity index (χ4n) is 3.03. The van der Waals surface area contributed by atoms with Gasteiger partial charge in [0.15, 0.2) is 4.80 Å². The van der Waals surface area contributed by atoms with Gasteiger partial charge in [-0.1, -0.05) is 23.5 Å². The monoisotopic (exact) mass is 415 g/mol. The molecule has 0 aliphatic heterocycles. The number of nitro benzene ring substituents is 1. The minimum Gasteiger partial charge on any atom is -0.496 e. The number of hydrogen-bond donors (Lipinski definition) is 0. The molecule has 0 N–H and O–H groups in total. The van der Waals surface area contributed by atoms with Gasteiger partial charge < -0.3 is 14.0 Å². The Morgan fingerprint density at radius 1 is 1.24 bits per heavy atom. The summed E-state index contributed by atoms with van der Waals surface area (Å²) in [4.78, 5) is 28.0. The number of ether oxygens (including phenoxy) is 2. The van der Waals surface area contributed by atoms with Gasteiger partial charge in [-0.05, 0) is 30.2 Å². The normalized spacial score (nSPS) is 11.8. The first-order chi connectivity index (χ1) is 13.9. The average molecular weight is 415 g/mol. The highest BCUT2D eigenvalue weighted by Crippen LogP contribution is 2.23. The molecule has 0 radical (unpaired) electrons. The van der Waals surface area contributed by atoms with Crippen LogP contribution in [0.5, 0.6) is 5.75 Å². The summed E-state index contributed by atoms with van der Waals surface area (Å²) in [5, 5.41) is 11.1. The Balaban J connectivity index is 1.97. The van der Waals surface area contributed by atoms with Gasteiger partial charge in [0.25, 0.3) is 11.6 Å². The van der Waals surface area contributed by atoms with Crippen molar-refractivity contribution in [1.82, 2.24) is 4.57 Å². The molecular weight excluding hydrogens is 394 g/mol. The van der Waals surface area contributed by atoms with Crippen LogP contribution < -0.4 is 9.54 Å². The Morgan fingerprint density at radius 3 is 2.69 bits per heavy atom. The zero-order chi connectivity index (χ0) is 21.0. The highest BCUT2D eigenvalue weighted by Gasteiger charge is 2.13. The molecule has 8 nitrogen and oxygen atoms in total. The second-order valence-electron chi connectivity index (χ2n) is 6.42. The predicted molar refractivity (Wildman–Crippen MR) is 110 cm³/mol. The maximum atomic E-state index is 12.6. The number of carbonyl (C=O) groups excluding carboxylic acids is 1. The zero-order valence-electron chi connectivity index (χ0n) is 16.4. The number of thiazole rings is 1. The lowest BCUT2D eigenvalue weighted by Crippen LogP contribution is -2.19. The van der Waals surface area contributed by atoms with Crippen LogP contribution in [-0.4, -0.2) is 36.2 Å². The summed E-state index contributed by atoms with van der Waals surface area (Å²) in [6.07, 6.45) is 0.156. The van der Waals surface area contributed by atoms with Crippen molar-refractivity contribution in [3.8, 4) is 5.75 Å². The number of fused-ring (bicyclic) bond motifs is 1. The van der Waals surface area contributed by atoms with Gasteiger partial charge in [-0.25, -0.2) is 0 Å². The molecule has 3 rings (SSSR count). The van der Waals surface area contributed by atoms with E-state index in [1.165, 1.54) is 23.5 Å². The molecule has 0 fully saturated rings. The number of rotatable bonds is 7. The molecule has 29 heavy (non-hydrogen) atoms. The molecule has 2 aromatic carbocycles. The maximum absolute atomic E-state index is 12.6. The summed E-state index contributed by atoms with van der Waals surface area (Å²) in [5.41, 5.74) is 2.58. The summed E-state index contributed by atoms with van der Waals surface area (Å²) >= 11 is 1.25.